The van der Waals surface area contributed by atoms with E-state index >= 15 is 0 Å². The lowest BCUT2D eigenvalue weighted by atomic mass is 9.57. The molecule has 0 aromatic rings. The van der Waals surface area contributed by atoms with Gasteiger partial charge >= 0.3 is 0 Å². The van der Waals surface area contributed by atoms with E-state index in [0.29, 0.717) is 5.41 Å². The average molecular weight is 237 g/mol. The van der Waals surface area contributed by atoms with Crippen molar-refractivity contribution >= 4 is 0 Å². The highest BCUT2D eigenvalue weighted by atomic mass is 14.9. The third-order valence-corrected chi connectivity index (χ3v) is 5.55. The summed E-state index contributed by atoms with van der Waals surface area (Å²) in [5.41, 5.74) is 0.717. The van der Waals surface area contributed by atoms with Crippen LogP contribution in [-0.2, 0) is 0 Å². The average Bonchev–Trinajstić information content (AvgIpc) is 2.33. The molecule has 0 amide bonds. The highest BCUT2D eigenvalue weighted by molar-refractivity contribution is 4.95. The summed E-state index contributed by atoms with van der Waals surface area (Å²) in [5.74, 6) is 2.85. The van der Waals surface area contributed by atoms with Gasteiger partial charge in [0, 0.05) is 0 Å². The SMILES string of the molecule is CCCC1CNCCC12CCCC(C(C)C)C2. The largest absolute Gasteiger partial charge is 0.316 e. The quantitative estimate of drug-likeness (QED) is 0.774. The Labute approximate surface area is 108 Å². The highest BCUT2D eigenvalue weighted by Crippen LogP contribution is 2.51. The lowest BCUT2D eigenvalue weighted by Crippen LogP contribution is -2.48. The number of hydrogen-bond donors (Lipinski definition) is 1. The van der Waals surface area contributed by atoms with Crippen LogP contribution >= 0.6 is 0 Å². The van der Waals surface area contributed by atoms with Gasteiger partial charge in [0.1, 0.15) is 0 Å². The molecule has 2 fully saturated rings. The van der Waals surface area contributed by atoms with Crippen LogP contribution in [0.2, 0.25) is 0 Å². The molecule has 1 nitrogen and oxygen atoms in total. The van der Waals surface area contributed by atoms with Crippen molar-refractivity contribution in [2.45, 2.75) is 65.7 Å². The molecule has 2 rings (SSSR count). The predicted octanol–water partition coefficient (Wildman–Crippen LogP) is 4.23. The van der Waals surface area contributed by atoms with Crippen LogP contribution in [0.25, 0.3) is 0 Å². The Morgan fingerprint density at radius 3 is 2.82 bits per heavy atom. The molecule has 1 N–H and O–H groups in total. The van der Waals surface area contributed by atoms with Crippen molar-refractivity contribution in [2.75, 3.05) is 13.1 Å². The number of hydrogen-bond acceptors (Lipinski definition) is 1. The molecule has 17 heavy (non-hydrogen) atoms. The maximum atomic E-state index is 3.64. The molecule has 100 valence electrons. The molecular formula is C16H31N. The second-order valence-corrected chi connectivity index (χ2v) is 6.90. The van der Waals surface area contributed by atoms with Gasteiger partial charge < -0.3 is 5.32 Å². The first kappa shape index (κ1) is 13.4. The van der Waals surface area contributed by atoms with Gasteiger partial charge in [-0.05, 0) is 61.9 Å². The van der Waals surface area contributed by atoms with E-state index < -0.39 is 0 Å². The normalized spacial score (nSPS) is 38.8. The first-order chi connectivity index (χ1) is 8.18. The van der Waals surface area contributed by atoms with Crippen LogP contribution in [0.5, 0.6) is 0 Å². The number of nitrogens with one attached hydrogen (secondary N) is 1. The van der Waals surface area contributed by atoms with E-state index in [4.69, 9.17) is 0 Å². The van der Waals surface area contributed by atoms with Crippen molar-refractivity contribution in [3.63, 3.8) is 0 Å². The first-order valence-electron chi connectivity index (χ1n) is 7.88. The standard InChI is InChI=1S/C16H31N/c1-4-6-15-12-17-10-9-16(15)8-5-7-14(11-16)13(2)3/h13-15,17H,4-12H2,1-3H3. The molecule has 0 bridgehead atoms. The van der Waals surface area contributed by atoms with Crippen LogP contribution in [0, 0.1) is 23.2 Å². The minimum Gasteiger partial charge on any atom is -0.316 e. The zero-order valence-corrected chi connectivity index (χ0v) is 12.1. The molecule has 3 atom stereocenters. The minimum atomic E-state index is 0.717. The van der Waals surface area contributed by atoms with Gasteiger partial charge in [0.15, 0.2) is 0 Å². The van der Waals surface area contributed by atoms with Crippen LogP contribution in [0.1, 0.15) is 65.7 Å². The summed E-state index contributed by atoms with van der Waals surface area (Å²) >= 11 is 0. The summed E-state index contributed by atoms with van der Waals surface area (Å²) in [4.78, 5) is 0. The van der Waals surface area contributed by atoms with E-state index in [0.717, 1.165) is 17.8 Å². The topological polar surface area (TPSA) is 12.0 Å². The predicted molar refractivity (Wildman–Crippen MR) is 75.1 cm³/mol. The monoisotopic (exact) mass is 237 g/mol. The van der Waals surface area contributed by atoms with Gasteiger partial charge in [-0.15, -0.1) is 0 Å². The van der Waals surface area contributed by atoms with Crippen LogP contribution in [-0.4, -0.2) is 13.1 Å². The smallest absolute Gasteiger partial charge is 0.00152 e. The van der Waals surface area contributed by atoms with Gasteiger partial charge in [-0.3, -0.25) is 0 Å². The fourth-order valence-electron chi connectivity index (χ4n) is 4.40. The fourth-order valence-corrected chi connectivity index (χ4v) is 4.40. The van der Waals surface area contributed by atoms with Gasteiger partial charge in [-0.25, -0.2) is 0 Å². The Morgan fingerprint density at radius 2 is 2.12 bits per heavy atom. The molecular weight excluding hydrogens is 206 g/mol. The van der Waals surface area contributed by atoms with Crippen molar-refractivity contribution < 1.29 is 0 Å². The van der Waals surface area contributed by atoms with Crippen molar-refractivity contribution in [1.82, 2.24) is 5.32 Å². The lowest BCUT2D eigenvalue weighted by molar-refractivity contribution is 0.0161. The third kappa shape index (κ3) is 2.86. The zero-order chi connectivity index (χ0) is 12.3. The second kappa shape index (κ2) is 5.73. The summed E-state index contributed by atoms with van der Waals surface area (Å²) < 4.78 is 0. The van der Waals surface area contributed by atoms with Crippen molar-refractivity contribution in [1.29, 1.82) is 0 Å². The Balaban J connectivity index is 2.07. The van der Waals surface area contributed by atoms with Gasteiger partial charge in [-0.2, -0.15) is 0 Å². The molecule has 1 saturated carbocycles. The molecule has 1 heteroatoms. The highest BCUT2D eigenvalue weighted by Gasteiger charge is 2.43. The Bertz CT molecular complexity index is 230. The van der Waals surface area contributed by atoms with Gasteiger partial charge in [0.2, 0.25) is 0 Å². The van der Waals surface area contributed by atoms with E-state index in [9.17, 15) is 0 Å². The molecule has 0 aromatic carbocycles. The van der Waals surface area contributed by atoms with Crippen LogP contribution in [0.15, 0.2) is 0 Å². The van der Waals surface area contributed by atoms with Crippen molar-refractivity contribution in [3.05, 3.63) is 0 Å². The molecule has 2 aliphatic rings. The molecule has 3 unspecified atom stereocenters. The van der Waals surface area contributed by atoms with Gasteiger partial charge in [-0.1, -0.05) is 40.0 Å². The van der Waals surface area contributed by atoms with E-state index in [1.54, 1.807) is 0 Å². The van der Waals surface area contributed by atoms with Crippen LogP contribution in [0.4, 0.5) is 0 Å². The molecule has 1 aliphatic heterocycles. The summed E-state index contributed by atoms with van der Waals surface area (Å²) in [6, 6.07) is 0. The molecule has 1 heterocycles. The van der Waals surface area contributed by atoms with Crippen LogP contribution < -0.4 is 5.32 Å². The van der Waals surface area contributed by atoms with Gasteiger partial charge in [0.05, 0.1) is 0 Å². The third-order valence-electron chi connectivity index (χ3n) is 5.55. The zero-order valence-electron chi connectivity index (χ0n) is 12.1. The Hall–Kier alpha value is -0.0400. The fraction of sp³-hybridized carbons (Fsp3) is 1.00. The molecule has 1 aliphatic carbocycles. The maximum Gasteiger partial charge on any atom is -0.00152 e. The number of piperidine rings is 1. The van der Waals surface area contributed by atoms with Crippen molar-refractivity contribution in [2.24, 2.45) is 23.2 Å². The van der Waals surface area contributed by atoms with Gasteiger partial charge in [0.25, 0.3) is 0 Å². The summed E-state index contributed by atoms with van der Waals surface area (Å²) in [7, 11) is 0. The van der Waals surface area contributed by atoms with E-state index in [2.05, 4.69) is 26.1 Å². The van der Waals surface area contributed by atoms with Crippen molar-refractivity contribution in [3.8, 4) is 0 Å². The number of rotatable bonds is 3. The first-order valence-corrected chi connectivity index (χ1v) is 7.88. The summed E-state index contributed by atoms with van der Waals surface area (Å²) in [6.45, 7) is 9.77. The van der Waals surface area contributed by atoms with E-state index in [-0.39, 0.29) is 0 Å². The molecule has 1 spiro atoms. The maximum absolute atomic E-state index is 3.64. The molecule has 0 radical (unpaired) electrons. The molecule has 0 aromatic heterocycles. The summed E-state index contributed by atoms with van der Waals surface area (Å²) in [5, 5.41) is 3.64. The van der Waals surface area contributed by atoms with Crippen LogP contribution in [0.3, 0.4) is 0 Å². The van der Waals surface area contributed by atoms with E-state index in [1.165, 1.54) is 58.0 Å². The second-order valence-electron chi connectivity index (χ2n) is 6.90. The minimum absolute atomic E-state index is 0.717. The lowest BCUT2D eigenvalue weighted by Gasteiger charge is -2.50. The summed E-state index contributed by atoms with van der Waals surface area (Å²) in [6.07, 6.45) is 10.3. The van der Waals surface area contributed by atoms with E-state index in [1.807, 2.05) is 0 Å². The Kier molecular flexibility index (Phi) is 4.52. The molecule has 1 saturated heterocycles. The Morgan fingerprint density at radius 1 is 1.29 bits per heavy atom.